The number of ether oxygens (including phenoxy) is 1. The predicted octanol–water partition coefficient (Wildman–Crippen LogP) is 1.55. The third-order valence-electron chi connectivity index (χ3n) is 2.44. The van der Waals surface area contributed by atoms with Gasteiger partial charge in [0.25, 0.3) is 0 Å². The van der Waals surface area contributed by atoms with E-state index in [-0.39, 0.29) is 6.04 Å². The molecule has 0 saturated carbocycles. The van der Waals surface area contributed by atoms with Crippen molar-refractivity contribution in [1.29, 1.82) is 0 Å². The van der Waals surface area contributed by atoms with Gasteiger partial charge in [-0.15, -0.1) is 0 Å². The van der Waals surface area contributed by atoms with Crippen molar-refractivity contribution in [2.75, 3.05) is 20.1 Å². The lowest BCUT2D eigenvalue weighted by atomic mass is 10.2. The molecule has 1 aliphatic heterocycles. The van der Waals surface area contributed by atoms with E-state index in [1.165, 1.54) is 4.90 Å². The molecule has 1 aromatic rings. The molecule has 3 heteroatoms. The van der Waals surface area contributed by atoms with Crippen molar-refractivity contribution in [2.24, 2.45) is 0 Å². The fourth-order valence-electron chi connectivity index (χ4n) is 1.62. The van der Waals surface area contributed by atoms with Gasteiger partial charge in [-0.1, -0.05) is 6.07 Å². The largest absolute Gasteiger partial charge is 0.476 e. The summed E-state index contributed by atoms with van der Waals surface area (Å²) in [5.74, 6) is 0.546. The Kier molecular flexibility index (Phi) is 2.02. The normalized spacial score (nSPS) is 26.6. The van der Waals surface area contributed by atoms with Gasteiger partial charge >= 0.3 is 0 Å². The first kappa shape index (κ1) is 6.40. The monoisotopic (exact) mass is 195 g/mol. The first-order valence-corrected chi connectivity index (χ1v) is 4.88. The molecule has 0 radical (unpaired) electrons. The predicted molar refractivity (Wildman–Crippen MR) is 55.4 cm³/mol. The van der Waals surface area contributed by atoms with Gasteiger partial charge in [0.15, 0.2) is 0 Å². The van der Waals surface area contributed by atoms with Crippen LogP contribution in [0.2, 0.25) is 0 Å². The van der Waals surface area contributed by atoms with Gasteiger partial charge in [0.1, 0.15) is 6.61 Å². The maximum absolute atomic E-state index is 7.43. The average Bonchev–Trinajstić information content (AvgIpc) is 2.75. The summed E-state index contributed by atoms with van der Waals surface area (Å²) in [6, 6.07) is 5.40. The Balaban J connectivity index is 1.91. The number of aromatic nitrogens is 1. The smallest absolute Gasteiger partial charge is 0.213 e. The fraction of sp³-hybridized carbons (Fsp3) is 0.545. The van der Waals surface area contributed by atoms with Crippen LogP contribution in [0.5, 0.6) is 5.88 Å². The quantitative estimate of drug-likeness (QED) is 0.731. The zero-order chi connectivity index (χ0) is 12.3. The molecule has 0 aliphatic carbocycles. The Hall–Kier alpha value is -1.09. The first-order valence-electron chi connectivity index (χ1n) is 6.38. The molecule has 1 saturated heterocycles. The number of hydrogen-bond acceptors (Lipinski definition) is 3. The number of hydrogen-bond donors (Lipinski definition) is 0. The number of likely N-dealkylation sites (N-methyl/N-ethyl adjacent to an activating group) is 1. The Labute approximate surface area is 88.9 Å². The second-order valence-electron chi connectivity index (χ2n) is 3.47. The molecule has 2 heterocycles. The van der Waals surface area contributed by atoms with E-state index in [4.69, 9.17) is 8.85 Å². The van der Waals surface area contributed by atoms with Crippen molar-refractivity contribution < 1.29 is 8.85 Å². The number of likely N-dealkylation sites (tertiary alicyclic amines) is 1. The number of nitrogens with zero attached hydrogens (tertiary/aromatic N) is 2. The molecule has 76 valence electrons. The number of pyridine rings is 1. The molecule has 1 aliphatic rings. The summed E-state index contributed by atoms with van der Waals surface area (Å²) >= 11 is 0. The molecular weight excluding hydrogens is 176 g/mol. The Morgan fingerprint density at radius 1 is 1.71 bits per heavy atom. The van der Waals surface area contributed by atoms with E-state index in [2.05, 4.69) is 4.98 Å². The van der Waals surface area contributed by atoms with Crippen LogP contribution in [0.4, 0.5) is 0 Å². The standard InChI is InChI=1S/C11H16N2O/c1-13-8-4-5-10(13)9-14-11-6-2-3-7-12-11/h2-3,6-7,10H,4-5,8-9H2,1H3/t10-/m0/s1/i1D3. The lowest BCUT2D eigenvalue weighted by Gasteiger charge is -2.19. The van der Waals surface area contributed by atoms with Gasteiger partial charge in [-0.2, -0.15) is 0 Å². The van der Waals surface area contributed by atoms with E-state index in [0.717, 1.165) is 12.8 Å². The summed E-state index contributed by atoms with van der Waals surface area (Å²) in [5, 5.41) is 0. The topological polar surface area (TPSA) is 25.4 Å². The maximum Gasteiger partial charge on any atom is 0.213 e. The van der Waals surface area contributed by atoms with Crippen molar-refractivity contribution in [3.05, 3.63) is 24.4 Å². The van der Waals surface area contributed by atoms with E-state index >= 15 is 0 Å². The molecule has 0 amide bonds. The summed E-state index contributed by atoms with van der Waals surface area (Å²) in [5.41, 5.74) is 0. The van der Waals surface area contributed by atoms with Gasteiger partial charge in [-0.3, -0.25) is 0 Å². The summed E-state index contributed by atoms with van der Waals surface area (Å²) in [4.78, 5) is 5.58. The maximum atomic E-state index is 7.43. The molecule has 0 aromatic carbocycles. The van der Waals surface area contributed by atoms with Crippen LogP contribution in [0.15, 0.2) is 24.4 Å². The molecular formula is C11H16N2O. The zero-order valence-corrected chi connectivity index (χ0v) is 8.02. The second kappa shape index (κ2) is 4.42. The molecule has 1 aromatic heterocycles. The highest BCUT2D eigenvalue weighted by Crippen LogP contribution is 2.15. The van der Waals surface area contributed by atoms with Crippen molar-refractivity contribution in [3.8, 4) is 5.88 Å². The van der Waals surface area contributed by atoms with Crippen LogP contribution >= 0.6 is 0 Å². The minimum Gasteiger partial charge on any atom is -0.476 e. The molecule has 1 atom stereocenters. The SMILES string of the molecule is [2H]C([2H])([2H])N1CCC[C@H]1COc1ccccn1. The second-order valence-corrected chi connectivity index (χ2v) is 3.47. The van der Waals surface area contributed by atoms with Crippen LogP contribution in [-0.4, -0.2) is 36.1 Å². The highest BCUT2D eigenvalue weighted by atomic mass is 16.5. The molecule has 3 nitrogen and oxygen atoms in total. The van der Waals surface area contributed by atoms with Crippen LogP contribution in [0.1, 0.15) is 17.0 Å². The first-order chi connectivity index (χ1) is 8.07. The lowest BCUT2D eigenvalue weighted by molar-refractivity contribution is 0.193. The molecule has 0 bridgehead atoms. The minimum atomic E-state index is -2.02. The Bertz CT molecular complexity index is 355. The van der Waals surface area contributed by atoms with Crippen molar-refractivity contribution >= 4 is 0 Å². The van der Waals surface area contributed by atoms with Gasteiger partial charge in [0.05, 0.1) is 0 Å². The van der Waals surface area contributed by atoms with E-state index in [0.29, 0.717) is 19.0 Å². The van der Waals surface area contributed by atoms with Gasteiger partial charge in [0.2, 0.25) is 5.88 Å². The van der Waals surface area contributed by atoms with Crippen LogP contribution < -0.4 is 4.74 Å². The van der Waals surface area contributed by atoms with E-state index in [9.17, 15) is 0 Å². The zero-order valence-electron chi connectivity index (χ0n) is 11.0. The summed E-state index contributed by atoms with van der Waals surface area (Å²) in [6.45, 7) is -1.02. The molecule has 2 rings (SSSR count). The summed E-state index contributed by atoms with van der Waals surface area (Å²) < 4.78 is 27.8. The third-order valence-corrected chi connectivity index (χ3v) is 2.44. The molecule has 0 N–H and O–H groups in total. The van der Waals surface area contributed by atoms with Crippen molar-refractivity contribution in [2.45, 2.75) is 18.9 Å². The van der Waals surface area contributed by atoms with Gasteiger partial charge in [-0.25, -0.2) is 4.98 Å². The van der Waals surface area contributed by atoms with E-state index in [1.54, 1.807) is 12.3 Å². The highest BCUT2D eigenvalue weighted by molar-refractivity contribution is 5.09. The Morgan fingerprint density at radius 3 is 3.50 bits per heavy atom. The molecule has 0 unspecified atom stereocenters. The fourth-order valence-corrected chi connectivity index (χ4v) is 1.62. The summed E-state index contributed by atoms with van der Waals surface area (Å²) in [7, 11) is 0. The van der Waals surface area contributed by atoms with Gasteiger partial charge in [0, 0.05) is 22.4 Å². The van der Waals surface area contributed by atoms with Crippen LogP contribution in [-0.2, 0) is 0 Å². The van der Waals surface area contributed by atoms with Gasteiger partial charge < -0.3 is 9.64 Å². The van der Waals surface area contributed by atoms with Crippen LogP contribution in [0.3, 0.4) is 0 Å². The highest BCUT2D eigenvalue weighted by Gasteiger charge is 2.21. The van der Waals surface area contributed by atoms with Crippen molar-refractivity contribution in [1.82, 2.24) is 9.88 Å². The average molecular weight is 195 g/mol. The summed E-state index contributed by atoms with van der Waals surface area (Å²) in [6.07, 6.45) is 3.44. The number of rotatable bonds is 3. The van der Waals surface area contributed by atoms with Crippen LogP contribution in [0, 0.1) is 0 Å². The van der Waals surface area contributed by atoms with E-state index < -0.39 is 6.98 Å². The molecule has 0 spiro atoms. The van der Waals surface area contributed by atoms with E-state index in [1.807, 2.05) is 12.1 Å². The van der Waals surface area contributed by atoms with Crippen LogP contribution in [0.25, 0.3) is 0 Å². The Morgan fingerprint density at radius 2 is 2.71 bits per heavy atom. The third kappa shape index (κ3) is 2.23. The van der Waals surface area contributed by atoms with Gasteiger partial charge in [-0.05, 0) is 32.4 Å². The van der Waals surface area contributed by atoms with Crippen molar-refractivity contribution in [3.63, 3.8) is 0 Å². The lowest BCUT2D eigenvalue weighted by Crippen LogP contribution is -2.30. The molecule has 1 fully saturated rings. The molecule has 14 heavy (non-hydrogen) atoms. The minimum absolute atomic E-state index is 0.0375.